The highest BCUT2D eigenvalue weighted by atomic mass is 35.5. The number of aromatic nitrogens is 3. The number of nitrogens with zero attached hydrogens (tertiary/aromatic N) is 4. The lowest BCUT2D eigenvalue weighted by molar-refractivity contribution is -0.137. The van der Waals surface area contributed by atoms with Crippen molar-refractivity contribution in [2.24, 2.45) is 0 Å². The van der Waals surface area contributed by atoms with Crippen LogP contribution >= 0.6 is 11.6 Å². The molecule has 138 valence electrons. The molecule has 3 heterocycles. The van der Waals surface area contributed by atoms with Gasteiger partial charge in [0.25, 0.3) is 0 Å². The number of rotatable bonds is 5. The van der Waals surface area contributed by atoms with Crippen LogP contribution in [0.25, 0.3) is 0 Å². The van der Waals surface area contributed by atoms with E-state index in [4.69, 9.17) is 17.3 Å². The van der Waals surface area contributed by atoms with Crippen molar-refractivity contribution in [1.29, 1.82) is 0 Å². The van der Waals surface area contributed by atoms with Gasteiger partial charge in [-0.1, -0.05) is 18.5 Å². The van der Waals surface area contributed by atoms with Crippen molar-refractivity contribution < 1.29 is 9.90 Å². The first kappa shape index (κ1) is 18.4. The number of nitrogen functional groups attached to an aromatic ring is 1. The Hall–Kier alpha value is -2.41. The van der Waals surface area contributed by atoms with Crippen LogP contribution in [0, 0.1) is 13.8 Å². The zero-order valence-electron chi connectivity index (χ0n) is 15.1. The lowest BCUT2D eigenvalue weighted by Gasteiger charge is -2.21. The van der Waals surface area contributed by atoms with Crippen molar-refractivity contribution in [3.05, 3.63) is 39.3 Å². The molecule has 26 heavy (non-hydrogen) atoms. The number of carboxylic acids is 1. The van der Waals surface area contributed by atoms with E-state index in [1.165, 1.54) is 11.1 Å². The van der Waals surface area contributed by atoms with Crippen LogP contribution in [-0.4, -0.2) is 32.6 Å². The summed E-state index contributed by atoms with van der Waals surface area (Å²) in [6.07, 6.45) is 2.79. The van der Waals surface area contributed by atoms with E-state index in [1.54, 1.807) is 0 Å². The maximum absolute atomic E-state index is 11.2. The Morgan fingerprint density at radius 3 is 2.81 bits per heavy atom. The number of aliphatic carboxylic acids is 1. The predicted molar refractivity (Wildman–Crippen MR) is 101 cm³/mol. The van der Waals surface area contributed by atoms with Crippen molar-refractivity contribution in [2.45, 2.75) is 46.1 Å². The maximum Gasteiger partial charge on any atom is 0.304 e. The topological polar surface area (TPSA) is 105 Å². The minimum absolute atomic E-state index is 0.0307. The van der Waals surface area contributed by atoms with Crippen molar-refractivity contribution in [3.63, 3.8) is 0 Å². The van der Waals surface area contributed by atoms with Gasteiger partial charge in [-0.2, -0.15) is 4.98 Å². The van der Waals surface area contributed by atoms with Gasteiger partial charge in [0.05, 0.1) is 18.7 Å². The van der Waals surface area contributed by atoms with Crippen molar-refractivity contribution >= 4 is 29.3 Å². The van der Waals surface area contributed by atoms with E-state index < -0.39 is 5.97 Å². The van der Waals surface area contributed by atoms with E-state index in [0.29, 0.717) is 24.5 Å². The second-order valence-electron chi connectivity index (χ2n) is 6.63. The van der Waals surface area contributed by atoms with Crippen LogP contribution < -0.4 is 10.6 Å². The van der Waals surface area contributed by atoms with Crippen LogP contribution in [0.3, 0.4) is 0 Å². The number of halogens is 1. The van der Waals surface area contributed by atoms with Gasteiger partial charge in [-0.15, -0.1) is 0 Å². The van der Waals surface area contributed by atoms with Gasteiger partial charge in [0.15, 0.2) is 0 Å². The number of carboxylic acid groups (broad SMARTS) is 1. The average molecular weight is 376 g/mol. The van der Waals surface area contributed by atoms with Gasteiger partial charge in [-0.05, 0) is 37.0 Å². The summed E-state index contributed by atoms with van der Waals surface area (Å²) in [5.41, 5.74) is 11.0. The molecule has 3 N–H and O–H groups in total. The van der Waals surface area contributed by atoms with Gasteiger partial charge in [-0.3, -0.25) is 9.78 Å². The van der Waals surface area contributed by atoms with Gasteiger partial charge in [-0.25, -0.2) is 4.98 Å². The number of hydrogen-bond acceptors (Lipinski definition) is 6. The number of hydrogen-bond donors (Lipinski definition) is 2. The molecule has 0 amide bonds. The summed E-state index contributed by atoms with van der Waals surface area (Å²) < 4.78 is 0. The molecule has 1 unspecified atom stereocenters. The normalized spacial score (nSPS) is 16.0. The summed E-state index contributed by atoms with van der Waals surface area (Å²) in [6.45, 7) is 7.28. The number of nitrogens with two attached hydrogens (primary N) is 1. The first-order valence-electron chi connectivity index (χ1n) is 8.55. The van der Waals surface area contributed by atoms with Crippen LogP contribution in [0.4, 0.5) is 11.8 Å². The van der Waals surface area contributed by atoms with Gasteiger partial charge < -0.3 is 15.7 Å². The highest BCUT2D eigenvalue weighted by molar-refractivity contribution is 6.30. The van der Waals surface area contributed by atoms with Crippen LogP contribution in [0.5, 0.6) is 0 Å². The molecule has 0 fully saturated rings. The van der Waals surface area contributed by atoms with Gasteiger partial charge >= 0.3 is 5.97 Å². The summed E-state index contributed by atoms with van der Waals surface area (Å²) in [6, 6.07) is 0. The lowest BCUT2D eigenvalue weighted by atomic mass is 10.0. The lowest BCUT2D eigenvalue weighted by Crippen LogP contribution is -2.24. The van der Waals surface area contributed by atoms with E-state index in [-0.39, 0.29) is 23.4 Å². The smallest absolute Gasteiger partial charge is 0.304 e. The maximum atomic E-state index is 11.2. The Morgan fingerprint density at radius 2 is 2.15 bits per heavy atom. The number of aryl methyl sites for hydroxylation is 1. The van der Waals surface area contributed by atoms with Crippen LogP contribution in [0.1, 0.15) is 47.2 Å². The largest absolute Gasteiger partial charge is 0.481 e. The minimum Gasteiger partial charge on any atom is -0.481 e. The molecule has 2 aromatic rings. The Balaban J connectivity index is 1.99. The zero-order chi connectivity index (χ0) is 19.0. The summed E-state index contributed by atoms with van der Waals surface area (Å²) >= 11 is 6.25. The molecule has 0 bridgehead atoms. The molecule has 1 atom stereocenters. The van der Waals surface area contributed by atoms with Crippen molar-refractivity contribution in [3.8, 4) is 0 Å². The Kier molecular flexibility index (Phi) is 5.00. The molecular formula is C18H22ClN5O2. The second-order valence-corrected chi connectivity index (χ2v) is 6.99. The minimum atomic E-state index is -0.881. The Labute approximate surface area is 157 Å². The van der Waals surface area contributed by atoms with Gasteiger partial charge in [0.2, 0.25) is 5.95 Å². The van der Waals surface area contributed by atoms with Gasteiger partial charge in [0, 0.05) is 24.2 Å². The quantitative estimate of drug-likeness (QED) is 0.774. The Bertz CT molecular complexity index is 871. The fourth-order valence-electron chi connectivity index (χ4n) is 3.70. The van der Waals surface area contributed by atoms with E-state index in [2.05, 4.69) is 35.7 Å². The molecule has 0 radical (unpaired) electrons. The van der Waals surface area contributed by atoms with Crippen LogP contribution in [0.2, 0.25) is 5.15 Å². The molecule has 2 aromatic heterocycles. The molecule has 7 nitrogen and oxygen atoms in total. The fourth-order valence-corrected chi connectivity index (χ4v) is 4.03. The van der Waals surface area contributed by atoms with E-state index in [0.717, 1.165) is 17.7 Å². The van der Waals surface area contributed by atoms with Crippen molar-refractivity contribution in [1.82, 2.24) is 15.0 Å². The molecule has 3 rings (SSSR count). The molecular weight excluding hydrogens is 354 g/mol. The molecule has 0 spiro atoms. The molecule has 0 saturated heterocycles. The third-order valence-electron chi connectivity index (χ3n) is 4.94. The molecule has 0 aliphatic carbocycles. The molecule has 0 saturated carbocycles. The summed E-state index contributed by atoms with van der Waals surface area (Å²) in [4.78, 5) is 26.2. The van der Waals surface area contributed by atoms with Crippen LogP contribution in [0.15, 0.2) is 6.20 Å². The highest BCUT2D eigenvalue weighted by Gasteiger charge is 2.35. The number of anilines is 2. The zero-order valence-corrected chi connectivity index (χ0v) is 15.8. The summed E-state index contributed by atoms with van der Waals surface area (Å²) in [5, 5.41) is 9.45. The third-order valence-corrected chi connectivity index (χ3v) is 5.22. The number of carbonyl (C=O) groups is 1. The van der Waals surface area contributed by atoms with E-state index in [9.17, 15) is 9.90 Å². The predicted octanol–water partition coefficient (Wildman–Crippen LogP) is 2.86. The first-order valence-corrected chi connectivity index (χ1v) is 8.93. The molecule has 0 aromatic carbocycles. The highest BCUT2D eigenvalue weighted by Crippen LogP contribution is 2.41. The molecule has 1 aliphatic rings. The van der Waals surface area contributed by atoms with E-state index >= 15 is 0 Å². The summed E-state index contributed by atoms with van der Waals surface area (Å²) in [5.74, 6) is -0.466. The summed E-state index contributed by atoms with van der Waals surface area (Å²) in [7, 11) is 0. The number of fused-ring (bicyclic) bond motifs is 1. The molecule has 1 aliphatic heterocycles. The van der Waals surface area contributed by atoms with Crippen molar-refractivity contribution in [2.75, 3.05) is 17.2 Å². The fraction of sp³-hybridized carbons (Fsp3) is 0.444. The first-order chi connectivity index (χ1) is 12.3. The van der Waals surface area contributed by atoms with E-state index in [1.807, 2.05) is 11.1 Å². The van der Waals surface area contributed by atoms with Gasteiger partial charge in [0.1, 0.15) is 11.0 Å². The average Bonchev–Trinajstić information content (AvgIpc) is 2.87. The monoisotopic (exact) mass is 375 g/mol. The Morgan fingerprint density at radius 1 is 1.42 bits per heavy atom. The molecule has 8 heteroatoms. The number of pyridine rings is 1. The third kappa shape index (κ3) is 3.31. The van der Waals surface area contributed by atoms with Crippen LogP contribution in [-0.2, 0) is 17.8 Å². The standard InChI is InChI=1S/C18H22ClN5O2/c1-4-12-9(2)6-21-13(10(12)3)8-24-7-11(5-14(25)26)15-16(19)22-18(20)23-17(15)24/h6,11H,4-5,7-8H2,1-3H3,(H,25,26)(H2,20,22,23). The second kappa shape index (κ2) is 7.07. The SMILES string of the molecule is CCc1c(C)cnc(CN2CC(CC(=O)O)c3c(Cl)nc(N)nc32)c1C.